The van der Waals surface area contributed by atoms with Gasteiger partial charge >= 0.3 is 6.18 Å². The molecule has 1 aliphatic carbocycles. The van der Waals surface area contributed by atoms with Crippen LogP contribution in [0.5, 0.6) is 5.75 Å². The molecule has 4 heterocycles. The van der Waals surface area contributed by atoms with E-state index in [0.29, 0.717) is 16.9 Å². The molecule has 1 saturated heterocycles. The van der Waals surface area contributed by atoms with E-state index in [0.717, 1.165) is 64.5 Å². The molecule has 2 fully saturated rings. The Morgan fingerprint density at radius 3 is 2.55 bits per heavy atom. The highest BCUT2D eigenvalue weighted by molar-refractivity contribution is 7.98. The number of rotatable bonds is 10. The summed E-state index contributed by atoms with van der Waals surface area (Å²) in [6, 6.07) is 10.7. The van der Waals surface area contributed by atoms with Crippen molar-refractivity contribution in [2.45, 2.75) is 95.4 Å². The predicted octanol–water partition coefficient (Wildman–Crippen LogP) is 8.34. The zero-order valence-electron chi connectivity index (χ0n) is 31.9. The number of nitrogens with one attached hydrogen (secondary N) is 1. The number of alkyl halides is 3. The van der Waals surface area contributed by atoms with Crippen molar-refractivity contribution in [1.29, 1.82) is 0 Å². The number of methoxy groups -OCH3 is 2. The smallest absolute Gasteiger partial charge is 0.408 e. The van der Waals surface area contributed by atoms with Crippen molar-refractivity contribution in [3.05, 3.63) is 70.5 Å². The average Bonchev–Trinajstić information content (AvgIpc) is 3.65. The normalized spacial score (nSPS) is 19.2. The van der Waals surface area contributed by atoms with Gasteiger partial charge in [0.15, 0.2) is 0 Å². The number of aromatic nitrogens is 3. The standard InChI is InChI=1S/C41H48F3N5O5S/c1-24(2)55-46-39(50)27-11-13-33-35(17-27)47-19-29(15-28-16-31(53-5)12-14-32(28)38(47)36(33)26-9-7-6-8-10-26)37-34(18-45-48(37)23-41(42,43)44)40(51)49-25(3)20-54-22-30(49)21-52-4/h11-18,24-26,30H,6-10,19-23H2,1-5H3,(H,46,50). The van der Waals surface area contributed by atoms with Crippen LogP contribution >= 0.6 is 11.9 Å². The third kappa shape index (κ3) is 7.90. The molecular formula is C41H48F3N5O5S. The van der Waals surface area contributed by atoms with Crippen LogP contribution in [0.2, 0.25) is 0 Å². The quantitative estimate of drug-likeness (QED) is 0.162. The van der Waals surface area contributed by atoms with Crippen molar-refractivity contribution in [2.75, 3.05) is 34.0 Å². The third-order valence-electron chi connectivity index (χ3n) is 10.8. The number of amides is 2. The molecule has 1 saturated carbocycles. The summed E-state index contributed by atoms with van der Waals surface area (Å²) in [5.41, 5.74) is 5.66. The van der Waals surface area contributed by atoms with Gasteiger partial charge in [-0.2, -0.15) is 18.3 Å². The highest BCUT2D eigenvalue weighted by Gasteiger charge is 2.39. The zero-order valence-corrected chi connectivity index (χ0v) is 32.7. The van der Waals surface area contributed by atoms with Crippen molar-refractivity contribution in [3.8, 4) is 17.0 Å². The molecule has 14 heteroatoms. The molecule has 2 aromatic heterocycles. The summed E-state index contributed by atoms with van der Waals surface area (Å²) < 4.78 is 65.8. The lowest BCUT2D eigenvalue weighted by molar-refractivity contribution is -0.142. The summed E-state index contributed by atoms with van der Waals surface area (Å²) in [7, 11) is 3.11. The van der Waals surface area contributed by atoms with Crippen LogP contribution in [0.25, 0.3) is 33.8 Å². The molecule has 4 aromatic rings. The number of hydrogen-bond acceptors (Lipinski definition) is 7. The second-order valence-corrected chi connectivity index (χ2v) is 16.4. The summed E-state index contributed by atoms with van der Waals surface area (Å²) in [5.74, 6) is 0.156. The van der Waals surface area contributed by atoms with Crippen LogP contribution in [0.1, 0.15) is 96.3 Å². The number of ether oxygens (including phenoxy) is 3. The third-order valence-corrected chi connectivity index (χ3v) is 11.5. The Labute approximate surface area is 323 Å². The van der Waals surface area contributed by atoms with Gasteiger partial charge in [0.2, 0.25) is 0 Å². The Bertz CT molecular complexity index is 2100. The molecule has 294 valence electrons. The number of hydrogen-bond donors (Lipinski definition) is 1. The average molecular weight is 780 g/mol. The second-order valence-electron chi connectivity index (χ2n) is 15.0. The summed E-state index contributed by atoms with van der Waals surface area (Å²) in [6.07, 6.45) is 3.86. The van der Waals surface area contributed by atoms with Crippen LogP contribution in [0.15, 0.2) is 42.6 Å². The predicted molar refractivity (Wildman–Crippen MR) is 208 cm³/mol. The molecule has 0 radical (unpaired) electrons. The lowest BCUT2D eigenvalue weighted by Gasteiger charge is -2.40. The van der Waals surface area contributed by atoms with Gasteiger partial charge in [-0.25, -0.2) is 0 Å². The molecule has 2 atom stereocenters. The monoisotopic (exact) mass is 779 g/mol. The van der Waals surface area contributed by atoms with Crippen molar-refractivity contribution >= 4 is 46.3 Å². The number of nitrogens with zero attached hydrogens (tertiary/aromatic N) is 4. The molecule has 1 N–H and O–H groups in total. The Morgan fingerprint density at radius 1 is 1.05 bits per heavy atom. The summed E-state index contributed by atoms with van der Waals surface area (Å²) in [6.45, 7) is 5.29. The molecule has 3 aliphatic rings. The van der Waals surface area contributed by atoms with Gasteiger partial charge in [0.25, 0.3) is 11.8 Å². The fourth-order valence-electron chi connectivity index (χ4n) is 8.45. The van der Waals surface area contributed by atoms with Gasteiger partial charge in [-0.15, -0.1) is 0 Å². The molecule has 2 unspecified atom stereocenters. The van der Waals surface area contributed by atoms with Gasteiger partial charge < -0.3 is 23.7 Å². The minimum atomic E-state index is -4.62. The first kappa shape index (κ1) is 39.0. The fraction of sp³-hybridized carbons (Fsp3) is 0.488. The van der Waals surface area contributed by atoms with Gasteiger partial charge in [-0.3, -0.25) is 19.0 Å². The SMILES string of the molecule is COCC1COCC(C)N1C(=O)c1cnn(CC(F)(F)F)c1C1=Cc2cc(OC)ccc2-c2c(C3CCCCC3)c3ccc(C(=O)NSC(C)C)cc3n2C1. The first-order valence-electron chi connectivity index (χ1n) is 18.9. The summed E-state index contributed by atoms with van der Waals surface area (Å²) >= 11 is 1.34. The maximum Gasteiger partial charge on any atom is 0.408 e. The van der Waals surface area contributed by atoms with Crippen LogP contribution in [0.3, 0.4) is 0 Å². The van der Waals surface area contributed by atoms with Gasteiger partial charge in [-0.05, 0) is 90.7 Å². The maximum absolute atomic E-state index is 14.6. The van der Waals surface area contributed by atoms with Crippen LogP contribution < -0.4 is 9.46 Å². The van der Waals surface area contributed by atoms with Gasteiger partial charge in [0.1, 0.15) is 12.3 Å². The molecule has 2 amide bonds. The topological polar surface area (TPSA) is 99.9 Å². The van der Waals surface area contributed by atoms with Crippen molar-refractivity contribution in [3.63, 3.8) is 0 Å². The fourth-order valence-corrected chi connectivity index (χ4v) is 8.91. The van der Waals surface area contributed by atoms with E-state index in [1.807, 2.05) is 63.2 Å². The molecule has 10 nitrogen and oxygen atoms in total. The largest absolute Gasteiger partial charge is 0.497 e. The molecule has 0 bridgehead atoms. The number of fused-ring (bicyclic) bond motifs is 5. The number of morpholine rings is 1. The van der Waals surface area contributed by atoms with E-state index >= 15 is 0 Å². The first-order chi connectivity index (χ1) is 26.4. The molecular weight excluding hydrogens is 732 g/mol. The number of carbonyl (C=O) groups excluding carboxylic acids is 2. The van der Waals surface area contributed by atoms with Gasteiger partial charge in [-0.1, -0.05) is 39.2 Å². The summed E-state index contributed by atoms with van der Waals surface area (Å²) in [5, 5.41) is 5.42. The van der Waals surface area contributed by atoms with Gasteiger partial charge in [0.05, 0.1) is 68.7 Å². The number of carbonyl (C=O) groups is 2. The van der Waals surface area contributed by atoms with Crippen LogP contribution in [-0.4, -0.2) is 88.6 Å². The molecule has 2 aromatic carbocycles. The highest BCUT2D eigenvalue weighted by atomic mass is 32.2. The van der Waals surface area contributed by atoms with E-state index in [1.54, 1.807) is 12.0 Å². The molecule has 0 spiro atoms. The van der Waals surface area contributed by atoms with Crippen molar-refractivity contribution < 1.29 is 37.0 Å². The minimum absolute atomic E-state index is 0.0630. The van der Waals surface area contributed by atoms with E-state index in [2.05, 4.69) is 14.4 Å². The number of halogens is 3. The maximum atomic E-state index is 14.6. The Hall–Kier alpha value is -4.27. The zero-order chi connectivity index (χ0) is 39.0. The molecule has 55 heavy (non-hydrogen) atoms. The van der Waals surface area contributed by atoms with E-state index in [-0.39, 0.29) is 60.7 Å². The lowest BCUT2D eigenvalue weighted by Crippen LogP contribution is -2.55. The van der Waals surface area contributed by atoms with E-state index < -0.39 is 24.7 Å². The number of benzene rings is 2. The van der Waals surface area contributed by atoms with Crippen LogP contribution in [-0.2, 0) is 22.6 Å². The van der Waals surface area contributed by atoms with E-state index in [9.17, 15) is 22.8 Å². The Morgan fingerprint density at radius 2 is 1.84 bits per heavy atom. The van der Waals surface area contributed by atoms with Gasteiger partial charge in [0, 0.05) is 34.4 Å². The van der Waals surface area contributed by atoms with Crippen LogP contribution in [0.4, 0.5) is 13.2 Å². The Kier molecular flexibility index (Phi) is 11.4. The molecule has 2 aliphatic heterocycles. The molecule has 7 rings (SSSR count). The van der Waals surface area contributed by atoms with Crippen molar-refractivity contribution in [1.82, 2.24) is 24.0 Å². The van der Waals surface area contributed by atoms with Crippen LogP contribution in [0, 0.1) is 0 Å². The first-order valence-corrected chi connectivity index (χ1v) is 19.8. The minimum Gasteiger partial charge on any atom is -0.497 e. The Balaban J connectivity index is 1.47. The summed E-state index contributed by atoms with van der Waals surface area (Å²) in [4.78, 5) is 29.8. The number of allylic oxidation sites excluding steroid dienone is 1. The highest BCUT2D eigenvalue weighted by Crippen LogP contribution is 2.48. The second kappa shape index (κ2) is 16.1. The van der Waals surface area contributed by atoms with Crippen molar-refractivity contribution in [2.24, 2.45) is 0 Å². The van der Waals surface area contributed by atoms with E-state index in [1.165, 1.54) is 30.8 Å². The lowest BCUT2D eigenvalue weighted by atomic mass is 9.81. The van der Waals surface area contributed by atoms with E-state index in [4.69, 9.17) is 14.2 Å².